The topological polar surface area (TPSA) is 53.0 Å². The summed E-state index contributed by atoms with van der Waals surface area (Å²) in [6.07, 6.45) is 1.59. The fourth-order valence-electron chi connectivity index (χ4n) is 4.32. The van der Waals surface area contributed by atoms with Crippen molar-refractivity contribution in [3.05, 3.63) is 89.2 Å². The van der Waals surface area contributed by atoms with E-state index in [0.29, 0.717) is 46.2 Å². The summed E-state index contributed by atoms with van der Waals surface area (Å²) in [5.41, 5.74) is 2.23. The van der Waals surface area contributed by atoms with E-state index in [0.717, 1.165) is 10.8 Å². The van der Waals surface area contributed by atoms with Crippen molar-refractivity contribution in [3.8, 4) is 0 Å². The van der Waals surface area contributed by atoms with Gasteiger partial charge in [0.1, 0.15) is 5.82 Å². The van der Waals surface area contributed by atoms with Crippen molar-refractivity contribution in [1.29, 1.82) is 0 Å². The van der Waals surface area contributed by atoms with E-state index in [1.165, 1.54) is 17.0 Å². The zero-order chi connectivity index (χ0) is 23.1. The second-order valence-corrected chi connectivity index (χ2v) is 8.41. The van der Waals surface area contributed by atoms with Crippen molar-refractivity contribution < 1.29 is 14.0 Å². The molecule has 0 saturated carbocycles. The van der Waals surface area contributed by atoms with Gasteiger partial charge in [0.15, 0.2) is 0 Å². The molecule has 0 spiro atoms. The predicted molar refractivity (Wildman–Crippen MR) is 129 cm³/mol. The highest BCUT2D eigenvalue weighted by Crippen LogP contribution is 2.39. The van der Waals surface area contributed by atoms with Gasteiger partial charge in [-0.3, -0.25) is 19.5 Å². The summed E-state index contributed by atoms with van der Waals surface area (Å²) in [6, 6.07) is 19.3. The molecule has 0 N–H and O–H groups in total. The zero-order valence-corrected chi connectivity index (χ0v) is 18.4. The van der Waals surface area contributed by atoms with Crippen LogP contribution in [0.5, 0.6) is 0 Å². The Balaban J connectivity index is 1.75. The number of carbonyl (C=O) groups excluding carboxylic acids is 2. The number of amides is 2. The Hall–Kier alpha value is -3.90. The maximum absolute atomic E-state index is 13.7. The molecule has 6 heteroatoms. The van der Waals surface area contributed by atoms with E-state index in [-0.39, 0.29) is 17.6 Å². The molecule has 0 aromatic heterocycles. The van der Waals surface area contributed by atoms with E-state index >= 15 is 0 Å². The van der Waals surface area contributed by atoms with Gasteiger partial charge >= 0.3 is 0 Å². The van der Waals surface area contributed by atoms with Crippen LogP contribution in [0, 0.1) is 5.82 Å². The maximum Gasteiger partial charge on any atom is 0.262 e. The summed E-state index contributed by atoms with van der Waals surface area (Å²) < 4.78 is 13.6. The molecule has 5 rings (SSSR count). The van der Waals surface area contributed by atoms with Crippen LogP contribution >= 0.6 is 0 Å². The Bertz CT molecular complexity index is 1460. The van der Waals surface area contributed by atoms with Crippen LogP contribution in [-0.2, 0) is 0 Å². The molecule has 33 heavy (non-hydrogen) atoms. The minimum atomic E-state index is -0.340. The third-order valence-electron chi connectivity index (χ3n) is 5.89. The number of halogens is 1. The van der Waals surface area contributed by atoms with Crippen LogP contribution in [0.2, 0.25) is 0 Å². The number of hydrogen-bond acceptors (Lipinski definition) is 4. The second-order valence-electron chi connectivity index (χ2n) is 8.41. The molecule has 2 amide bonds. The van der Waals surface area contributed by atoms with E-state index in [1.54, 1.807) is 24.4 Å². The minimum absolute atomic E-state index is 0.278. The van der Waals surface area contributed by atoms with Gasteiger partial charge in [0.2, 0.25) is 0 Å². The number of aliphatic imine (C=N–C) groups is 1. The molecule has 0 radical (unpaired) electrons. The monoisotopic (exact) mass is 439 g/mol. The van der Waals surface area contributed by atoms with Crippen molar-refractivity contribution in [1.82, 2.24) is 9.80 Å². The fraction of sp³-hybridized carbons (Fsp3) is 0.148. The molecule has 1 aliphatic rings. The molecule has 0 bridgehead atoms. The van der Waals surface area contributed by atoms with Gasteiger partial charge in [0.05, 0.1) is 11.3 Å². The Labute approximate surface area is 190 Å². The highest BCUT2D eigenvalue weighted by Gasteiger charge is 2.34. The smallest absolute Gasteiger partial charge is 0.262 e. The number of imide groups is 1. The van der Waals surface area contributed by atoms with Crippen LogP contribution in [0.1, 0.15) is 26.3 Å². The van der Waals surface area contributed by atoms with Gasteiger partial charge in [0.25, 0.3) is 11.8 Å². The summed E-state index contributed by atoms with van der Waals surface area (Å²) in [4.78, 5) is 34.8. The van der Waals surface area contributed by atoms with E-state index in [2.05, 4.69) is 4.99 Å². The van der Waals surface area contributed by atoms with Gasteiger partial charge in [-0.15, -0.1) is 0 Å². The number of benzene rings is 4. The Morgan fingerprint density at radius 3 is 2.39 bits per heavy atom. The first kappa shape index (κ1) is 21.0. The lowest BCUT2D eigenvalue weighted by Gasteiger charge is -2.29. The molecule has 164 valence electrons. The zero-order valence-electron chi connectivity index (χ0n) is 18.4. The Morgan fingerprint density at radius 1 is 0.909 bits per heavy atom. The largest absolute Gasteiger partial charge is 0.308 e. The third-order valence-corrected chi connectivity index (χ3v) is 5.89. The molecule has 4 aromatic rings. The third kappa shape index (κ3) is 3.68. The summed E-state index contributed by atoms with van der Waals surface area (Å²) >= 11 is 0. The van der Waals surface area contributed by atoms with Gasteiger partial charge in [-0.1, -0.05) is 36.4 Å². The molecular weight excluding hydrogens is 417 g/mol. The lowest BCUT2D eigenvalue weighted by molar-refractivity contribution is 0.0602. The van der Waals surface area contributed by atoms with Crippen molar-refractivity contribution in [2.45, 2.75) is 0 Å². The van der Waals surface area contributed by atoms with Crippen LogP contribution in [0.25, 0.3) is 21.5 Å². The standard InChI is InChI=1S/C27H22FN3O2/c1-30(2)12-13-31-26(32)21-10-4-7-18-15-19-8-5-11-22(24(19)25(23(18)21)27(31)33)29-16-17-6-3-9-20(28)14-17/h3-11,14-16H,12-13H2,1-2H3. The molecule has 5 nitrogen and oxygen atoms in total. The van der Waals surface area contributed by atoms with E-state index < -0.39 is 0 Å². The van der Waals surface area contributed by atoms with E-state index in [4.69, 9.17) is 0 Å². The second kappa shape index (κ2) is 8.22. The van der Waals surface area contributed by atoms with Crippen molar-refractivity contribution in [2.75, 3.05) is 27.2 Å². The summed E-state index contributed by atoms with van der Waals surface area (Å²) in [5, 5.41) is 3.06. The van der Waals surface area contributed by atoms with E-state index in [9.17, 15) is 14.0 Å². The minimum Gasteiger partial charge on any atom is -0.308 e. The first-order valence-electron chi connectivity index (χ1n) is 10.7. The van der Waals surface area contributed by atoms with Gasteiger partial charge in [-0.2, -0.15) is 0 Å². The number of carbonyl (C=O) groups is 2. The summed E-state index contributed by atoms with van der Waals surface area (Å²) in [7, 11) is 3.81. The van der Waals surface area contributed by atoms with Crippen molar-refractivity contribution in [2.24, 2.45) is 4.99 Å². The number of nitrogens with zero attached hydrogens (tertiary/aromatic N) is 3. The average molecular weight is 439 g/mol. The number of likely N-dealkylation sites (N-methyl/N-ethyl adjacent to an activating group) is 1. The van der Waals surface area contributed by atoms with Gasteiger partial charge in [-0.25, -0.2) is 4.39 Å². The quantitative estimate of drug-likeness (QED) is 0.249. The fourth-order valence-corrected chi connectivity index (χ4v) is 4.32. The molecule has 0 atom stereocenters. The van der Waals surface area contributed by atoms with Crippen LogP contribution in [-0.4, -0.2) is 55.0 Å². The first-order valence-corrected chi connectivity index (χ1v) is 10.7. The van der Waals surface area contributed by atoms with E-state index in [1.807, 2.05) is 55.4 Å². The lowest BCUT2D eigenvalue weighted by Crippen LogP contribution is -2.43. The average Bonchev–Trinajstić information content (AvgIpc) is 2.79. The highest BCUT2D eigenvalue weighted by atomic mass is 19.1. The molecule has 0 fully saturated rings. The molecule has 0 saturated heterocycles. The molecule has 0 unspecified atom stereocenters. The number of hydrogen-bond donors (Lipinski definition) is 0. The molecular formula is C27H22FN3O2. The normalized spacial score (nSPS) is 13.8. The van der Waals surface area contributed by atoms with Crippen LogP contribution in [0.15, 0.2) is 71.7 Å². The number of fused-ring (bicyclic) bond motifs is 2. The van der Waals surface area contributed by atoms with Crippen LogP contribution in [0.4, 0.5) is 10.1 Å². The predicted octanol–water partition coefficient (Wildman–Crippen LogP) is 5.04. The lowest BCUT2D eigenvalue weighted by atomic mass is 9.89. The van der Waals surface area contributed by atoms with Crippen molar-refractivity contribution in [3.63, 3.8) is 0 Å². The maximum atomic E-state index is 13.7. The van der Waals surface area contributed by atoms with Gasteiger partial charge < -0.3 is 4.90 Å². The number of rotatable bonds is 5. The molecule has 1 aliphatic heterocycles. The van der Waals surface area contributed by atoms with Gasteiger partial charge in [-0.05, 0) is 60.8 Å². The molecule has 1 heterocycles. The summed E-state index contributed by atoms with van der Waals surface area (Å²) in [5.74, 6) is -0.933. The SMILES string of the molecule is CN(C)CCN1C(=O)c2cccc3cc4cccc(N=Cc5cccc(F)c5)c4c(c23)C1=O. The van der Waals surface area contributed by atoms with Crippen LogP contribution in [0.3, 0.4) is 0 Å². The van der Waals surface area contributed by atoms with Crippen molar-refractivity contribution >= 4 is 45.3 Å². The molecule has 0 aliphatic carbocycles. The molecule has 4 aromatic carbocycles. The highest BCUT2D eigenvalue weighted by molar-refractivity contribution is 6.31. The Kier molecular flexibility index (Phi) is 5.23. The summed E-state index contributed by atoms with van der Waals surface area (Å²) in [6.45, 7) is 0.865. The Morgan fingerprint density at radius 2 is 1.64 bits per heavy atom. The van der Waals surface area contributed by atoms with Crippen LogP contribution < -0.4 is 0 Å². The first-order chi connectivity index (χ1) is 15.9. The van der Waals surface area contributed by atoms with Gasteiger partial charge in [0, 0.05) is 35.6 Å².